The predicted molar refractivity (Wildman–Crippen MR) is 94.3 cm³/mol. The van der Waals surface area contributed by atoms with E-state index >= 15 is 0 Å². The van der Waals surface area contributed by atoms with Crippen molar-refractivity contribution < 1.29 is 12.9 Å². The first-order valence-electron chi connectivity index (χ1n) is 8.83. The smallest absolute Gasteiger partial charge is 0.276 e. The van der Waals surface area contributed by atoms with Crippen LogP contribution in [-0.4, -0.2) is 46.2 Å². The highest BCUT2D eigenvalue weighted by Crippen LogP contribution is 2.25. The van der Waals surface area contributed by atoms with E-state index in [-0.39, 0.29) is 11.8 Å². The van der Waals surface area contributed by atoms with Gasteiger partial charge < -0.3 is 4.52 Å². The van der Waals surface area contributed by atoms with Gasteiger partial charge in [0.05, 0.1) is 5.75 Å². The molecule has 0 amide bonds. The zero-order valence-electron chi connectivity index (χ0n) is 14.5. The van der Waals surface area contributed by atoms with Gasteiger partial charge in [0.15, 0.2) is 5.82 Å². The van der Waals surface area contributed by atoms with Crippen LogP contribution in [0.3, 0.4) is 0 Å². The molecule has 1 aliphatic rings. The van der Waals surface area contributed by atoms with E-state index in [4.69, 9.17) is 4.52 Å². The highest BCUT2D eigenvalue weighted by Gasteiger charge is 2.33. The van der Waals surface area contributed by atoms with Crippen molar-refractivity contribution in [2.24, 2.45) is 0 Å². The average Bonchev–Trinajstić information content (AvgIpc) is 3.28. The fraction of sp³-hybridized carbons (Fsp3) is 0.588. The largest absolute Gasteiger partial charge is 0.332 e. The summed E-state index contributed by atoms with van der Waals surface area (Å²) < 4.78 is 31.9. The molecule has 1 fully saturated rings. The minimum absolute atomic E-state index is 0.0404. The van der Waals surface area contributed by atoms with E-state index in [0.29, 0.717) is 43.2 Å². The number of hydrogen-bond donors (Lipinski definition) is 0. The Morgan fingerprint density at radius 2 is 2.24 bits per heavy atom. The Morgan fingerprint density at radius 1 is 1.36 bits per heavy atom. The summed E-state index contributed by atoms with van der Waals surface area (Å²) in [5.74, 6) is 1.24. The first kappa shape index (κ1) is 18.0. The van der Waals surface area contributed by atoms with E-state index < -0.39 is 10.0 Å². The molecule has 8 heteroatoms. The van der Waals surface area contributed by atoms with Crippen molar-refractivity contribution in [3.63, 3.8) is 0 Å². The van der Waals surface area contributed by atoms with Crippen molar-refractivity contribution in [3.05, 3.63) is 30.2 Å². The van der Waals surface area contributed by atoms with Crippen LogP contribution >= 0.6 is 0 Å². The van der Waals surface area contributed by atoms with Gasteiger partial charge in [-0.2, -0.15) is 9.29 Å². The van der Waals surface area contributed by atoms with Gasteiger partial charge in [0.2, 0.25) is 10.0 Å². The van der Waals surface area contributed by atoms with Crippen LogP contribution in [0.2, 0.25) is 0 Å². The van der Waals surface area contributed by atoms with E-state index in [1.54, 1.807) is 10.5 Å². The Balaban J connectivity index is 1.60. The zero-order valence-corrected chi connectivity index (χ0v) is 15.3. The molecule has 0 unspecified atom stereocenters. The number of hydrogen-bond acceptors (Lipinski definition) is 6. The van der Waals surface area contributed by atoms with Gasteiger partial charge in [-0.1, -0.05) is 24.6 Å². The van der Waals surface area contributed by atoms with Gasteiger partial charge in [-0.15, -0.1) is 0 Å². The van der Waals surface area contributed by atoms with Crippen LogP contribution in [-0.2, 0) is 16.4 Å². The van der Waals surface area contributed by atoms with Gasteiger partial charge in [-0.3, -0.25) is 4.98 Å². The van der Waals surface area contributed by atoms with Crippen molar-refractivity contribution in [2.75, 3.05) is 12.3 Å². The molecule has 0 aromatic carbocycles. The maximum absolute atomic E-state index is 12.5. The molecule has 1 aliphatic heterocycles. The molecule has 3 heterocycles. The molecule has 25 heavy (non-hydrogen) atoms. The van der Waals surface area contributed by atoms with E-state index in [0.717, 1.165) is 19.3 Å². The number of aryl methyl sites for hydroxylation is 1. The molecule has 0 saturated carbocycles. The van der Waals surface area contributed by atoms with Crippen LogP contribution in [0, 0.1) is 0 Å². The highest BCUT2D eigenvalue weighted by molar-refractivity contribution is 7.89. The minimum Gasteiger partial charge on any atom is -0.332 e. The van der Waals surface area contributed by atoms with E-state index in [9.17, 15) is 8.42 Å². The summed E-state index contributed by atoms with van der Waals surface area (Å²) in [7, 11) is -3.15. The molecular weight excluding hydrogens is 340 g/mol. The van der Waals surface area contributed by atoms with Crippen molar-refractivity contribution in [3.8, 4) is 11.6 Å². The van der Waals surface area contributed by atoms with Crippen LogP contribution in [0.4, 0.5) is 0 Å². The maximum atomic E-state index is 12.5. The lowest BCUT2D eigenvalue weighted by atomic mass is 10.1. The third-order valence-corrected chi connectivity index (χ3v) is 6.49. The Morgan fingerprint density at radius 3 is 3.00 bits per heavy atom. The van der Waals surface area contributed by atoms with Crippen molar-refractivity contribution in [1.82, 2.24) is 19.4 Å². The summed E-state index contributed by atoms with van der Waals surface area (Å²) >= 11 is 0. The summed E-state index contributed by atoms with van der Waals surface area (Å²) in [6.07, 6.45) is 6.41. The Kier molecular flexibility index (Phi) is 5.80. The first-order valence-corrected chi connectivity index (χ1v) is 10.4. The molecular formula is C17H24N4O3S. The highest BCUT2D eigenvalue weighted by atomic mass is 32.2. The summed E-state index contributed by atoms with van der Waals surface area (Å²) in [6.45, 7) is 2.63. The predicted octanol–water partition coefficient (Wildman–Crippen LogP) is 2.66. The summed E-state index contributed by atoms with van der Waals surface area (Å²) in [4.78, 5) is 8.56. The van der Waals surface area contributed by atoms with Crippen LogP contribution in [0.15, 0.2) is 28.9 Å². The van der Waals surface area contributed by atoms with Crippen LogP contribution in [0.25, 0.3) is 11.6 Å². The summed E-state index contributed by atoms with van der Waals surface area (Å²) in [5, 5.41) is 4.00. The molecule has 0 aliphatic carbocycles. The maximum Gasteiger partial charge on any atom is 0.276 e. The molecule has 0 radical (unpaired) electrons. The lowest BCUT2D eigenvalue weighted by Gasteiger charge is -2.23. The Bertz CT molecular complexity index is 776. The van der Waals surface area contributed by atoms with Gasteiger partial charge in [-0.05, 0) is 37.8 Å². The van der Waals surface area contributed by atoms with E-state index in [2.05, 4.69) is 15.1 Å². The van der Waals surface area contributed by atoms with Crippen LogP contribution in [0.1, 0.15) is 44.9 Å². The number of pyridine rings is 1. The fourth-order valence-electron chi connectivity index (χ4n) is 3.15. The van der Waals surface area contributed by atoms with Crippen LogP contribution in [0.5, 0.6) is 0 Å². The number of nitrogens with zero attached hydrogens (tertiary/aromatic N) is 4. The summed E-state index contributed by atoms with van der Waals surface area (Å²) in [5.41, 5.74) is 0.644. The van der Waals surface area contributed by atoms with E-state index in [1.165, 1.54) is 0 Å². The SMILES string of the molecule is CCCCS(=O)(=O)N1CCC[C@@H]1CCc1noc(-c2ccccn2)n1. The summed E-state index contributed by atoms with van der Waals surface area (Å²) in [6, 6.07) is 5.55. The van der Waals surface area contributed by atoms with Gasteiger partial charge in [0, 0.05) is 25.2 Å². The molecule has 2 aromatic rings. The van der Waals surface area contributed by atoms with Gasteiger partial charge in [-0.25, -0.2) is 8.42 Å². The number of sulfonamides is 1. The monoisotopic (exact) mass is 364 g/mol. The third-order valence-electron chi connectivity index (χ3n) is 4.49. The lowest BCUT2D eigenvalue weighted by Crippen LogP contribution is -2.37. The standard InChI is InChI=1S/C17H24N4O3S/c1-2-3-13-25(22,23)21-12-6-7-14(21)9-10-16-19-17(24-20-16)15-8-4-5-11-18-15/h4-5,8,11,14H,2-3,6-7,9-10,12-13H2,1H3/t14-/m1/s1. The molecule has 0 bridgehead atoms. The Hall–Kier alpha value is -1.80. The molecule has 1 saturated heterocycles. The topological polar surface area (TPSA) is 89.2 Å². The minimum atomic E-state index is -3.15. The van der Waals surface area contributed by atoms with Crippen LogP contribution < -0.4 is 0 Å². The third kappa shape index (κ3) is 4.43. The second kappa shape index (κ2) is 8.05. The molecule has 0 N–H and O–H groups in total. The molecule has 7 nitrogen and oxygen atoms in total. The lowest BCUT2D eigenvalue weighted by molar-refractivity contribution is 0.364. The Labute approximate surface area is 148 Å². The average molecular weight is 364 g/mol. The molecule has 0 spiro atoms. The molecule has 3 rings (SSSR count). The molecule has 2 aromatic heterocycles. The zero-order chi connectivity index (χ0) is 17.7. The van der Waals surface area contributed by atoms with Gasteiger partial charge in [0.1, 0.15) is 5.69 Å². The fourth-order valence-corrected chi connectivity index (χ4v) is 5.11. The second-order valence-electron chi connectivity index (χ2n) is 6.35. The first-order chi connectivity index (χ1) is 12.1. The van der Waals surface area contributed by atoms with Crippen molar-refractivity contribution in [2.45, 2.75) is 51.5 Å². The number of rotatable bonds is 8. The van der Waals surface area contributed by atoms with E-state index in [1.807, 2.05) is 25.1 Å². The second-order valence-corrected chi connectivity index (χ2v) is 8.39. The number of aromatic nitrogens is 3. The molecule has 1 atom stereocenters. The van der Waals surface area contributed by atoms with Crippen molar-refractivity contribution >= 4 is 10.0 Å². The van der Waals surface area contributed by atoms with Gasteiger partial charge >= 0.3 is 0 Å². The van der Waals surface area contributed by atoms with Gasteiger partial charge in [0.25, 0.3) is 5.89 Å². The number of unbranched alkanes of at least 4 members (excludes halogenated alkanes) is 1. The quantitative estimate of drug-likeness (QED) is 0.715. The van der Waals surface area contributed by atoms with Crippen molar-refractivity contribution in [1.29, 1.82) is 0 Å². The molecule has 136 valence electrons. The normalized spacial score (nSPS) is 18.7.